The molecule has 0 radical (unpaired) electrons. The van der Waals surface area contributed by atoms with Crippen molar-refractivity contribution in [1.29, 1.82) is 10.5 Å². The molecule has 7 nitrogen and oxygen atoms in total. The Labute approximate surface area is 111 Å². The number of carbonyl (C=O) groups is 1. The molecule has 0 bridgehead atoms. The van der Waals surface area contributed by atoms with Gasteiger partial charge in [-0.2, -0.15) is 15.2 Å². The standard InChI is InChI=1S/C9H6ClN5O2S/c1-18-6-4(2-11)7(13)15(14-9(10)17)8(16)5(6)3-12/h13H2,1H3,(H,14,17). The zero-order valence-corrected chi connectivity index (χ0v) is 10.6. The number of amides is 1. The Morgan fingerprint density at radius 3 is 2.39 bits per heavy atom. The van der Waals surface area contributed by atoms with Crippen LogP contribution in [0.25, 0.3) is 0 Å². The molecule has 0 unspecified atom stereocenters. The van der Waals surface area contributed by atoms with Crippen molar-refractivity contribution in [1.82, 2.24) is 4.68 Å². The molecule has 0 aliphatic carbocycles. The van der Waals surface area contributed by atoms with Crippen LogP contribution < -0.4 is 16.7 Å². The summed E-state index contributed by atoms with van der Waals surface area (Å²) in [6.45, 7) is 0. The molecule has 0 fully saturated rings. The SMILES string of the molecule is CSc1c(C#N)c(N)n(NC(=O)Cl)c(=O)c1C#N. The van der Waals surface area contributed by atoms with E-state index in [1.54, 1.807) is 18.4 Å². The Balaban J connectivity index is 3.79. The van der Waals surface area contributed by atoms with Crippen molar-refractivity contribution >= 4 is 34.5 Å². The number of anilines is 1. The average Bonchev–Trinajstić information content (AvgIpc) is 2.33. The van der Waals surface area contributed by atoms with Crippen molar-refractivity contribution in [3.63, 3.8) is 0 Å². The van der Waals surface area contributed by atoms with Crippen molar-refractivity contribution < 1.29 is 4.79 Å². The van der Waals surface area contributed by atoms with Gasteiger partial charge < -0.3 is 5.73 Å². The lowest BCUT2D eigenvalue weighted by atomic mass is 10.2. The molecule has 0 saturated heterocycles. The molecule has 0 aliphatic rings. The first-order chi connectivity index (χ1) is 8.47. The van der Waals surface area contributed by atoms with Gasteiger partial charge in [-0.15, -0.1) is 11.8 Å². The van der Waals surface area contributed by atoms with Crippen LogP contribution >= 0.6 is 23.4 Å². The van der Waals surface area contributed by atoms with E-state index < -0.39 is 10.9 Å². The molecule has 0 saturated carbocycles. The molecule has 3 N–H and O–H groups in total. The van der Waals surface area contributed by atoms with Gasteiger partial charge in [-0.25, -0.2) is 5.43 Å². The van der Waals surface area contributed by atoms with Crippen LogP contribution in [0.3, 0.4) is 0 Å². The Morgan fingerprint density at radius 1 is 1.44 bits per heavy atom. The number of rotatable bonds is 2. The summed E-state index contributed by atoms with van der Waals surface area (Å²) in [4.78, 5) is 22.8. The highest BCUT2D eigenvalue weighted by Crippen LogP contribution is 2.25. The van der Waals surface area contributed by atoms with Crippen LogP contribution in [0.4, 0.5) is 10.6 Å². The number of hydrogen-bond donors (Lipinski definition) is 2. The van der Waals surface area contributed by atoms with Gasteiger partial charge in [0.2, 0.25) is 0 Å². The van der Waals surface area contributed by atoms with Gasteiger partial charge in [-0.05, 0) is 17.9 Å². The van der Waals surface area contributed by atoms with Crippen molar-refractivity contribution in [2.45, 2.75) is 4.90 Å². The van der Waals surface area contributed by atoms with E-state index in [4.69, 9.17) is 27.9 Å². The quantitative estimate of drug-likeness (QED) is 0.470. The molecule has 1 aromatic heterocycles. The van der Waals surface area contributed by atoms with E-state index in [-0.39, 0.29) is 21.8 Å². The molecule has 9 heteroatoms. The molecule has 1 aromatic rings. The summed E-state index contributed by atoms with van der Waals surface area (Å²) in [7, 11) is 0. The number of hydrogen-bond acceptors (Lipinski definition) is 6. The minimum atomic E-state index is -1.06. The number of nitrogens with zero attached hydrogens (tertiary/aromatic N) is 3. The minimum Gasteiger partial charge on any atom is -0.382 e. The molecule has 0 atom stereocenters. The smallest absolute Gasteiger partial charge is 0.332 e. The number of nitrogens with two attached hydrogens (primary N) is 1. The summed E-state index contributed by atoms with van der Waals surface area (Å²) < 4.78 is 0.576. The van der Waals surface area contributed by atoms with Gasteiger partial charge in [0.15, 0.2) is 0 Å². The predicted molar refractivity (Wildman–Crippen MR) is 66.9 cm³/mol. The van der Waals surface area contributed by atoms with Crippen LogP contribution in [0, 0.1) is 22.7 Å². The summed E-state index contributed by atoms with van der Waals surface area (Å²) in [5.74, 6) is -0.278. The number of nitrogen functional groups attached to an aromatic ring is 1. The molecule has 1 amide bonds. The van der Waals surface area contributed by atoms with Gasteiger partial charge in [0.25, 0.3) is 5.56 Å². The van der Waals surface area contributed by atoms with Gasteiger partial charge in [0.1, 0.15) is 29.1 Å². The highest BCUT2D eigenvalue weighted by molar-refractivity contribution is 7.98. The number of carbonyl (C=O) groups excluding carboxylic acids is 1. The van der Waals surface area contributed by atoms with Crippen LogP contribution in [-0.4, -0.2) is 16.3 Å². The third-order valence-corrected chi connectivity index (χ3v) is 2.90. The van der Waals surface area contributed by atoms with Crippen LogP contribution in [0.2, 0.25) is 0 Å². The molecule has 1 heterocycles. The minimum absolute atomic E-state index is 0.0657. The number of pyridine rings is 1. The summed E-state index contributed by atoms with van der Waals surface area (Å²) in [6, 6.07) is 3.45. The highest BCUT2D eigenvalue weighted by Gasteiger charge is 2.20. The molecular weight excluding hydrogens is 278 g/mol. The average molecular weight is 284 g/mol. The Morgan fingerprint density at radius 2 is 2.00 bits per heavy atom. The van der Waals surface area contributed by atoms with Gasteiger partial charge in [-0.3, -0.25) is 9.59 Å². The number of aromatic nitrogens is 1. The van der Waals surface area contributed by atoms with Crippen molar-refractivity contribution in [3.05, 3.63) is 21.5 Å². The zero-order valence-electron chi connectivity index (χ0n) is 9.02. The third kappa shape index (κ3) is 2.25. The second-order valence-electron chi connectivity index (χ2n) is 2.92. The molecule has 18 heavy (non-hydrogen) atoms. The molecule has 0 aliphatic heterocycles. The van der Waals surface area contributed by atoms with Gasteiger partial charge in [0, 0.05) is 0 Å². The number of thioether (sulfide) groups is 1. The van der Waals surface area contributed by atoms with E-state index in [0.717, 1.165) is 11.8 Å². The fourth-order valence-corrected chi connectivity index (χ4v) is 2.06. The Bertz CT molecular complexity index is 655. The second kappa shape index (κ2) is 5.45. The third-order valence-electron chi connectivity index (χ3n) is 2.00. The largest absolute Gasteiger partial charge is 0.382 e. The van der Waals surface area contributed by atoms with Crippen molar-refractivity contribution in [3.8, 4) is 12.1 Å². The van der Waals surface area contributed by atoms with Crippen molar-refractivity contribution in [2.75, 3.05) is 17.4 Å². The maximum atomic E-state index is 11.9. The van der Waals surface area contributed by atoms with E-state index in [9.17, 15) is 9.59 Å². The van der Waals surface area contributed by atoms with Gasteiger partial charge >= 0.3 is 5.37 Å². The first-order valence-corrected chi connectivity index (χ1v) is 5.97. The van der Waals surface area contributed by atoms with E-state index in [1.807, 2.05) is 5.43 Å². The van der Waals surface area contributed by atoms with Crippen LogP contribution in [0.15, 0.2) is 9.69 Å². The normalized spacial score (nSPS) is 9.33. The lowest BCUT2D eigenvalue weighted by Crippen LogP contribution is -2.35. The van der Waals surface area contributed by atoms with E-state index in [1.165, 1.54) is 0 Å². The monoisotopic (exact) mass is 283 g/mol. The molecule has 92 valence electrons. The summed E-state index contributed by atoms with van der Waals surface area (Å²) in [5, 5.41) is 16.9. The topological polar surface area (TPSA) is 125 Å². The maximum absolute atomic E-state index is 11.9. The first-order valence-electron chi connectivity index (χ1n) is 4.37. The van der Waals surface area contributed by atoms with Gasteiger partial charge in [-0.1, -0.05) is 0 Å². The summed E-state index contributed by atoms with van der Waals surface area (Å²) in [6.07, 6.45) is 1.60. The number of halogens is 1. The maximum Gasteiger partial charge on any atom is 0.332 e. The lowest BCUT2D eigenvalue weighted by Gasteiger charge is -2.13. The fourth-order valence-electron chi connectivity index (χ4n) is 1.28. The Hall–Kier alpha value is -2.16. The summed E-state index contributed by atoms with van der Waals surface area (Å²) >= 11 is 6.13. The van der Waals surface area contributed by atoms with Crippen LogP contribution in [0.1, 0.15) is 11.1 Å². The van der Waals surface area contributed by atoms with E-state index in [2.05, 4.69) is 0 Å². The number of nitrogens with one attached hydrogen (secondary N) is 1. The zero-order chi connectivity index (χ0) is 13.9. The predicted octanol–water partition coefficient (Wildman–Crippen LogP) is 0.798. The lowest BCUT2D eigenvalue weighted by molar-refractivity contribution is 0.266. The van der Waals surface area contributed by atoms with Crippen LogP contribution in [0.5, 0.6) is 0 Å². The molecule has 0 aromatic carbocycles. The number of nitriles is 2. The molecule has 0 spiro atoms. The van der Waals surface area contributed by atoms with Crippen LogP contribution in [-0.2, 0) is 0 Å². The summed E-state index contributed by atoms with van der Waals surface area (Å²) in [5.41, 5.74) is 6.34. The second-order valence-corrected chi connectivity index (χ2v) is 4.08. The molecule has 1 rings (SSSR count). The highest BCUT2D eigenvalue weighted by atomic mass is 35.5. The van der Waals surface area contributed by atoms with Crippen molar-refractivity contribution in [2.24, 2.45) is 0 Å². The Kier molecular flexibility index (Phi) is 4.21. The van der Waals surface area contributed by atoms with E-state index >= 15 is 0 Å². The first kappa shape index (κ1) is 13.9. The van der Waals surface area contributed by atoms with E-state index in [0.29, 0.717) is 4.68 Å². The molecular formula is C9H6ClN5O2S. The van der Waals surface area contributed by atoms with Gasteiger partial charge in [0.05, 0.1) is 4.90 Å². The fraction of sp³-hybridized carbons (Fsp3) is 0.111.